The number of nitrogens with two attached hydrogens (primary N) is 1. The number of nitrogens with zero attached hydrogens (tertiary/aromatic N) is 5. The van der Waals surface area contributed by atoms with Crippen LogP contribution < -0.4 is 5.73 Å². The molecule has 0 saturated heterocycles. The van der Waals surface area contributed by atoms with Crippen LogP contribution in [0.15, 0.2) is 9.68 Å². The molecule has 136 valence electrons. The zero-order valence-corrected chi connectivity index (χ0v) is 15.8. The van der Waals surface area contributed by atoms with E-state index in [0.29, 0.717) is 24.2 Å². The molecule has 2 heterocycles. The largest absolute Gasteiger partial charge is 0.370 e. The fraction of sp³-hybridized carbons (Fsp3) is 0.688. The second-order valence-electron chi connectivity index (χ2n) is 7.45. The van der Waals surface area contributed by atoms with Crippen molar-refractivity contribution in [1.29, 1.82) is 0 Å². The third-order valence-corrected chi connectivity index (χ3v) is 5.08. The van der Waals surface area contributed by atoms with Crippen LogP contribution in [0.5, 0.6) is 0 Å². The zero-order chi connectivity index (χ0) is 18.2. The van der Waals surface area contributed by atoms with Gasteiger partial charge in [-0.1, -0.05) is 37.7 Å². The third kappa shape index (κ3) is 4.20. The highest BCUT2D eigenvalue weighted by Gasteiger charge is 2.31. The lowest BCUT2D eigenvalue weighted by Gasteiger charge is -2.12. The van der Waals surface area contributed by atoms with Crippen molar-refractivity contribution in [1.82, 2.24) is 24.9 Å². The minimum Gasteiger partial charge on any atom is -0.370 e. The van der Waals surface area contributed by atoms with E-state index in [4.69, 9.17) is 10.3 Å². The van der Waals surface area contributed by atoms with Gasteiger partial charge in [0.2, 0.25) is 11.8 Å². The molecule has 0 aromatic carbocycles. The second kappa shape index (κ2) is 6.78. The molecule has 0 aliphatic heterocycles. The fourth-order valence-electron chi connectivity index (χ4n) is 2.38. The summed E-state index contributed by atoms with van der Waals surface area (Å²) in [4.78, 5) is 15.7. The molecule has 1 unspecified atom stereocenters. The normalized spacial score (nSPS) is 16.2. The summed E-state index contributed by atoms with van der Waals surface area (Å²) in [6.07, 6.45) is 2.51. The topological polar surface area (TPSA) is 113 Å². The van der Waals surface area contributed by atoms with E-state index in [2.05, 4.69) is 20.3 Å². The van der Waals surface area contributed by atoms with Gasteiger partial charge in [0.05, 0.1) is 5.25 Å². The number of carbonyl (C=O) groups excluding carboxylic acids is 1. The SMILES string of the molecule is CC(Sc1nnc(C2CC2)n1CCC(N)=O)c1nc(C(C)(C)C)no1. The van der Waals surface area contributed by atoms with Gasteiger partial charge in [0, 0.05) is 24.3 Å². The van der Waals surface area contributed by atoms with E-state index in [1.165, 1.54) is 11.8 Å². The van der Waals surface area contributed by atoms with E-state index >= 15 is 0 Å². The average Bonchev–Trinajstić information content (AvgIpc) is 3.09. The van der Waals surface area contributed by atoms with Crippen LogP contribution in [0, 0.1) is 0 Å². The number of hydrogen-bond donors (Lipinski definition) is 1. The molecular weight excluding hydrogens is 340 g/mol. The first-order chi connectivity index (χ1) is 11.8. The molecule has 25 heavy (non-hydrogen) atoms. The van der Waals surface area contributed by atoms with Crippen LogP contribution in [0.3, 0.4) is 0 Å². The van der Waals surface area contributed by atoms with Crippen molar-refractivity contribution in [2.24, 2.45) is 5.73 Å². The Morgan fingerprint density at radius 1 is 1.40 bits per heavy atom. The zero-order valence-electron chi connectivity index (χ0n) is 15.0. The Morgan fingerprint density at radius 2 is 2.12 bits per heavy atom. The summed E-state index contributed by atoms with van der Waals surface area (Å²) in [5.41, 5.74) is 5.14. The Morgan fingerprint density at radius 3 is 2.68 bits per heavy atom. The lowest BCUT2D eigenvalue weighted by atomic mass is 9.96. The van der Waals surface area contributed by atoms with Crippen molar-refractivity contribution in [2.75, 3.05) is 0 Å². The van der Waals surface area contributed by atoms with Gasteiger partial charge in [-0.3, -0.25) is 4.79 Å². The number of amides is 1. The van der Waals surface area contributed by atoms with Crippen LogP contribution in [0.25, 0.3) is 0 Å². The Bertz CT molecular complexity index is 759. The Balaban J connectivity index is 1.77. The maximum Gasteiger partial charge on any atom is 0.239 e. The van der Waals surface area contributed by atoms with Gasteiger partial charge in [-0.15, -0.1) is 10.2 Å². The molecular formula is C16H24N6O2S. The van der Waals surface area contributed by atoms with Crippen LogP contribution >= 0.6 is 11.8 Å². The lowest BCUT2D eigenvalue weighted by molar-refractivity contribution is -0.118. The monoisotopic (exact) mass is 364 g/mol. The molecule has 2 aromatic rings. The maximum atomic E-state index is 11.2. The molecule has 2 aromatic heterocycles. The summed E-state index contributed by atoms with van der Waals surface area (Å²) in [6.45, 7) is 8.63. The number of primary amides is 1. The Kier molecular flexibility index (Phi) is 4.86. The molecule has 1 aliphatic rings. The molecule has 2 N–H and O–H groups in total. The van der Waals surface area contributed by atoms with E-state index in [9.17, 15) is 4.79 Å². The van der Waals surface area contributed by atoms with Crippen molar-refractivity contribution in [3.05, 3.63) is 17.5 Å². The van der Waals surface area contributed by atoms with Crippen LogP contribution in [0.1, 0.15) is 75.7 Å². The molecule has 3 rings (SSSR count). The minimum atomic E-state index is -0.328. The average molecular weight is 364 g/mol. The Labute approximate surface area is 150 Å². The number of hydrogen-bond acceptors (Lipinski definition) is 7. The van der Waals surface area contributed by atoms with Crippen molar-refractivity contribution >= 4 is 17.7 Å². The van der Waals surface area contributed by atoms with Gasteiger partial charge in [0.1, 0.15) is 5.82 Å². The standard InChI is InChI=1S/C16H24N6O2S/c1-9(13-18-14(21-24-13)16(2,3)4)25-15-20-19-12(10-5-6-10)22(15)8-7-11(17)23/h9-10H,5-8H2,1-4H3,(H2,17,23). The molecule has 0 spiro atoms. The highest BCUT2D eigenvalue weighted by atomic mass is 32.2. The van der Waals surface area contributed by atoms with E-state index in [0.717, 1.165) is 23.8 Å². The number of aromatic nitrogens is 5. The summed E-state index contributed by atoms with van der Waals surface area (Å²) in [7, 11) is 0. The fourth-order valence-corrected chi connectivity index (χ4v) is 3.29. The molecule has 1 amide bonds. The summed E-state index contributed by atoms with van der Waals surface area (Å²) >= 11 is 1.51. The lowest BCUT2D eigenvalue weighted by Crippen LogP contribution is -2.15. The molecule has 9 heteroatoms. The number of carbonyl (C=O) groups is 1. The van der Waals surface area contributed by atoms with E-state index < -0.39 is 0 Å². The molecule has 1 aliphatic carbocycles. The van der Waals surface area contributed by atoms with Gasteiger partial charge < -0.3 is 14.8 Å². The molecule has 8 nitrogen and oxygen atoms in total. The van der Waals surface area contributed by atoms with Gasteiger partial charge in [0.15, 0.2) is 11.0 Å². The first-order valence-electron chi connectivity index (χ1n) is 8.48. The van der Waals surface area contributed by atoms with Gasteiger partial charge in [-0.25, -0.2) is 0 Å². The summed E-state index contributed by atoms with van der Waals surface area (Å²) in [5.74, 6) is 2.31. The highest BCUT2D eigenvalue weighted by molar-refractivity contribution is 7.99. The van der Waals surface area contributed by atoms with E-state index in [1.807, 2.05) is 32.3 Å². The predicted molar refractivity (Wildman–Crippen MR) is 93.1 cm³/mol. The smallest absolute Gasteiger partial charge is 0.239 e. The van der Waals surface area contributed by atoms with E-state index in [-0.39, 0.29) is 23.0 Å². The van der Waals surface area contributed by atoms with Gasteiger partial charge in [0.25, 0.3) is 0 Å². The van der Waals surface area contributed by atoms with E-state index in [1.54, 1.807) is 0 Å². The third-order valence-electron chi connectivity index (χ3n) is 4.01. The van der Waals surface area contributed by atoms with Gasteiger partial charge in [-0.2, -0.15) is 4.98 Å². The van der Waals surface area contributed by atoms with Crippen molar-refractivity contribution in [2.45, 2.75) is 75.2 Å². The maximum absolute atomic E-state index is 11.2. The minimum absolute atomic E-state index is 0.0628. The molecule has 1 fully saturated rings. The van der Waals surface area contributed by atoms with Crippen LogP contribution in [-0.2, 0) is 16.8 Å². The van der Waals surface area contributed by atoms with Crippen LogP contribution in [0.2, 0.25) is 0 Å². The summed E-state index contributed by atoms with van der Waals surface area (Å²) in [6, 6.07) is 0. The quantitative estimate of drug-likeness (QED) is 0.751. The van der Waals surface area contributed by atoms with Gasteiger partial charge >= 0.3 is 0 Å². The number of rotatable bonds is 7. The molecule has 1 atom stereocenters. The van der Waals surface area contributed by atoms with Crippen molar-refractivity contribution in [3.63, 3.8) is 0 Å². The second-order valence-corrected chi connectivity index (χ2v) is 8.76. The van der Waals surface area contributed by atoms with Crippen LogP contribution in [-0.4, -0.2) is 30.8 Å². The summed E-state index contributed by atoms with van der Waals surface area (Å²) < 4.78 is 7.42. The van der Waals surface area contributed by atoms with Crippen molar-refractivity contribution < 1.29 is 9.32 Å². The predicted octanol–water partition coefficient (Wildman–Crippen LogP) is 2.56. The summed E-state index contributed by atoms with van der Waals surface area (Å²) in [5, 5.41) is 13.4. The van der Waals surface area contributed by atoms with Crippen LogP contribution in [0.4, 0.5) is 0 Å². The highest BCUT2D eigenvalue weighted by Crippen LogP contribution is 2.41. The van der Waals surface area contributed by atoms with Crippen molar-refractivity contribution in [3.8, 4) is 0 Å². The van der Waals surface area contributed by atoms with Gasteiger partial charge in [-0.05, 0) is 19.8 Å². The first kappa shape index (κ1) is 17.9. The number of thioether (sulfide) groups is 1. The molecule has 0 radical (unpaired) electrons. The molecule has 0 bridgehead atoms. The molecule has 1 saturated carbocycles. The Hall–Kier alpha value is -1.90. The first-order valence-corrected chi connectivity index (χ1v) is 9.36.